The van der Waals surface area contributed by atoms with Crippen molar-refractivity contribution in [3.05, 3.63) is 71.3 Å². The summed E-state index contributed by atoms with van der Waals surface area (Å²) < 4.78 is 5.54. The highest BCUT2D eigenvalue weighted by atomic mass is 16.5. The Bertz CT molecular complexity index is 585. The molecule has 1 amide bonds. The molecule has 0 atom stereocenters. The number of hydrogen-bond acceptors (Lipinski definition) is 3. The number of benzene rings is 2. The smallest absolute Gasteiger partial charge is 0.251 e. The molecule has 2 aromatic carbocycles. The van der Waals surface area contributed by atoms with Crippen molar-refractivity contribution in [3.63, 3.8) is 0 Å². The van der Waals surface area contributed by atoms with Gasteiger partial charge in [0.05, 0.1) is 13.2 Å². The molecule has 0 aliphatic rings. The largest absolute Gasteiger partial charge is 0.375 e. The normalized spacial score (nSPS) is 10.4. The van der Waals surface area contributed by atoms with Crippen molar-refractivity contribution >= 4 is 5.91 Å². The van der Waals surface area contributed by atoms with Crippen LogP contribution in [0.25, 0.3) is 0 Å². The van der Waals surface area contributed by atoms with E-state index in [1.807, 2.05) is 61.6 Å². The molecule has 4 heteroatoms. The van der Waals surface area contributed by atoms with Crippen molar-refractivity contribution in [1.29, 1.82) is 0 Å². The van der Waals surface area contributed by atoms with Crippen LogP contribution < -0.4 is 10.6 Å². The Labute approximate surface area is 131 Å². The molecule has 2 aromatic rings. The van der Waals surface area contributed by atoms with Gasteiger partial charge in [0.1, 0.15) is 0 Å². The van der Waals surface area contributed by atoms with Gasteiger partial charge < -0.3 is 15.4 Å². The van der Waals surface area contributed by atoms with E-state index in [0.29, 0.717) is 25.3 Å². The third-order valence-corrected chi connectivity index (χ3v) is 3.21. The fraction of sp³-hybridized carbons (Fsp3) is 0.278. The minimum atomic E-state index is -0.0683. The fourth-order valence-corrected chi connectivity index (χ4v) is 2.13. The molecule has 0 saturated carbocycles. The average Bonchev–Trinajstić information content (AvgIpc) is 2.56. The molecule has 0 bridgehead atoms. The average molecular weight is 298 g/mol. The highest BCUT2D eigenvalue weighted by Gasteiger charge is 2.05. The Morgan fingerprint density at radius 1 is 1.05 bits per heavy atom. The van der Waals surface area contributed by atoms with Gasteiger partial charge in [-0.1, -0.05) is 42.5 Å². The number of amides is 1. The van der Waals surface area contributed by atoms with Gasteiger partial charge in [0, 0.05) is 18.7 Å². The Balaban J connectivity index is 1.70. The molecule has 0 aliphatic carbocycles. The minimum Gasteiger partial charge on any atom is -0.375 e. The maximum atomic E-state index is 12.0. The van der Waals surface area contributed by atoms with Crippen molar-refractivity contribution in [2.45, 2.75) is 13.2 Å². The SMILES string of the molecule is CNCc1cccc(C(=O)NCCOCc2ccccc2)c1. The molecule has 0 heterocycles. The standard InChI is InChI=1S/C18H22N2O2/c1-19-13-16-8-5-9-17(12-16)18(21)20-10-11-22-14-15-6-3-2-4-7-15/h2-9,12,19H,10-11,13-14H2,1H3,(H,20,21). The van der Waals surface area contributed by atoms with Gasteiger partial charge in [0.25, 0.3) is 5.91 Å². The first-order valence-electron chi connectivity index (χ1n) is 7.43. The van der Waals surface area contributed by atoms with Gasteiger partial charge in [0.15, 0.2) is 0 Å². The molecule has 2 rings (SSSR count). The number of carbonyl (C=O) groups excluding carboxylic acids is 1. The predicted molar refractivity (Wildman–Crippen MR) is 87.6 cm³/mol. The molecule has 0 aromatic heterocycles. The van der Waals surface area contributed by atoms with Crippen molar-refractivity contribution in [2.24, 2.45) is 0 Å². The van der Waals surface area contributed by atoms with Crippen molar-refractivity contribution < 1.29 is 9.53 Å². The summed E-state index contributed by atoms with van der Waals surface area (Å²) in [4.78, 5) is 12.0. The lowest BCUT2D eigenvalue weighted by Crippen LogP contribution is -2.27. The van der Waals surface area contributed by atoms with E-state index in [9.17, 15) is 4.79 Å². The van der Waals surface area contributed by atoms with Crippen LogP contribution in [-0.2, 0) is 17.9 Å². The summed E-state index contributed by atoms with van der Waals surface area (Å²) >= 11 is 0. The maximum absolute atomic E-state index is 12.0. The molecular formula is C18H22N2O2. The van der Waals surface area contributed by atoms with Crippen molar-refractivity contribution in [1.82, 2.24) is 10.6 Å². The Morgan fingerprint density at radius 3 is 2.59 bits per heavy atom. The molecular weight excluding hydrogens is 276 g/mol. The number of rotatable bonds is 8. The minimum absolute atomic E-state index is 0.0683. The van der Waals surface area contributed by atoms with E-state index in [-0.39, 0.29) is 5.91 Å². The third kappa shape index (κ3) is 5.31. The van der Waals surface area contributed by atoms with Crippen LogP contribution in [0.2, 0.25) is 0 Å². The van der Waals surface area contributed by atoms with E-state index < -0.39 is 0 Å². The summed E-state index contributed by atoms with van der Waals surface area (Å²) in [6.45, 7) is 2.31. The molecule has 0 spiro atoms. The van der Waals surface area contributed by atoms with Gasteiger partial charge in [-0.25, -0.2) is 0 Å². The monoisotopic (exact) mass is 298 g/mol. The Hall–Kier alpha value is -2.17. The quantitative estimate of drug-likeness (QED) is 0.736. The van der Waals surface area contributed by atoms with Crippen LogP contribution in [0, 0.1) is 0 Å². The molecule has 0 aliphatic heterocycles. The second-order valence-electron chi connectivity index (χ2n) is 5.02. The summed E-state index contributed by atoms with van der Waals surface area (Å²) in [5.41, 5.74) is 2.90. The zero-order valence-corrected chi connectivity index (χ0v) is 12.8. The van der Waals surface area contributed by atoms with Crippen LogP contribution in [0.5, 0.6) is 0 Å². The van der Waals surface area contributed by atoms with Crippen LogP contribution in [0.1, 0.15) is 21.5 Å². The van der Waals surface area contributed by atoms with Gasteiger partial charge in [-0.15, -0.1) is 0 Å². The maximum Gasteiger partial charge on any atom is 0.251 e. The highest BCUT2D eigenvalue weighted by molar-refractivity contribution is 5.94. The second-order valence-corrected chi connectivity index (χ2v) is 5.02. The van der Waals surface area contributed by atoms with Gasteiger partial charge in [-0.2, -0.15) is 0 Å². The Morgan fingerprint density at radius 2 is 1.82 bits per heavy atom. The number of ether oxygens (including phenoxy) is 1. The van der Waals surface area contributed by atoms with Gasteiger partial charge in [-0.3, -0.25) is 4.79 Å². The zero-order chi connectivity index (χ0) is 15.6. The van der Waals surface area contributed by atoms with Crippen LogP contribution in [0.15, 0.2) is 54.6 Å². The van der Waals surface area contributed by atoms with E-state index in [1.54, 1.807) is 0 Å². The lowest BCUT2D eigenvalue weighted by molar-refractivity contribution is 0.0901. The lowest BCUT2D eigenvalue weighted by Gasteiger charge is -2.08. The second kappa shape index (κ2) is 8.97. The van der Waals surface area contributed by atoms with E-state index in [4.69, 9.17) is 4.74 Å². The number of nitrogens with one attached hydrogen (secondary N) is 2. The van der Waals surface area contributed by atoms with Gasteiger partial charge in [-0.05, 0) is 30.3 Å². The lowest BCUT2D eigenvalue weighted by atomic mass is 10.1. The molecule has 0 unspecified atom stereocenters. The molecule has 2 N–H and O–H groups in total. The van der Waals surface area contributed by atoms with E-state index >= 15 is 0 Å². The first-order valence-corrected chi connectivity index (χ1v) is 7.43. The summed E-state index contributed by atoms with van der Waals surface area (Å²) in [7, 11) is 1.89. The van der Waals surface area contributed by atoms with Crippen LogP contribution in [-0.4, -0.2) is 26.1 Å². The third-order valence-electron chi connectivity index (χ3n) is 3.21. The summed E-state index contributed by atoms with van der Waals surface area (Å²) in [5.74, 6) is -0.0683. The van der Waals surface area contributed by atoms with Crippen LogP contribution in [0.3, 0.4) is 0 Å². The number of carbonyl (C=O) groups is 1. The summed E-state index contributed by atoms with van der Waals surface area (Å²) in [5, 5.41) is 5.94. The van der Waals surface area contributed by atoms with Crippen molar-refractivity contribution in [3.8, 4) is 0 Å². The highest BCUT2D eigenvalue weighted by Crippen LogP contribution is 2.05. The molecule has 0 fully saturated rings. The van der Waals surface area contributed by atoms with Crippen LogP contribution >= 0.6 is 0 Å². The van der Waals surface area contributed by atoms with Gasteiger partial charge in [0.2, 0.25) is 0 Å². The van der Waals surface area contributed by atoms with E-state index in [1.165, 1.54) is 0 Å². The Kier molecular flexibility index (Phi) is 6.61. The molecule has 0 saturated heterocycles. The summed E-state index contributed by atoms with van der Waals surface area (Å²) in [6, 6.07) is 17.6. The number of hydrogen-bond donors (Lipinski definition) is 2. The zero-order valence-electron chi connectivity index (χ0n) is 12.8. The predicted octanol–water partition coefficient (Wildman–Crippen LogP) is 2.35. The molecule has 22 heavy (non-hydrogen) atoms. The fourth-order valence-electron chi connectivity index (χ4n) is 2.13. The summed E-state index contributed by atoms with van der Waals surface area (Å²) in [6.07, 6.45) is 0. The topological polar surface area (TPSA) is 50.4 Å². The van der Waals surface area contributed by atoms with E-state index in [0.717, 1.165) is 17.7 Å². The molecule has 4 nitrogen and oxygen atoms in total. The molecule has 116 valence electrons. The van der Waals surface area contributed by atoms with Crippen molar-refractivity contribution in [2.75, 3.05) is 20.2 Å². The van der Waals surface area contributed by atoms with E-state index in [2.05, 4.69) is 10.6 Å². The first-order chi connectivity index (χ1) is 10.8. The van der Waals surface area contributed by atoms with Crippen LogP contribution in [0.4, 0.5) is 0 Å². The first kappa shape index (κ1) is 16.2. The van der Waals surface area contributed by atoms with Gasteiger partial charge >= 0.3 is 0 Å². The molecule has 0 radical (unpaired) electrons.